The number of carboxylic acid groups (broad SMARTS) is 1. The third-order valence-corrected chi connectivity index (χ3v) is 2.25. The van der Waals surface area contributed by atoms with E-state index in [9.17, 15) is 4.79 Å². The van der Waals surface area contributed by atoms with Gasteiger partial charge in [0.1, 0.15) is 6.04 Å². The highest BCUT2D eigenvalue weighted by atomic mass is 35.5. The fourth-order valence-electron chi connectivity index (χ4n) is 1.05. The molecule has 0 aliphatic carbocycles. The number of aliphatic carboxylic acids is 1. The molecule has 0 bridgehead atoms. The molecule has 0 saturated carbocycles. The van der Waals surface area contributed by atoms with Crippen LogP contribution in [0, 0.1) is 0 Å². The predicted molar refractivity (Wildman–Crippen MR) is 60.7 cm³/mol. The summed E-state index contributed by atoms with van der Waals surface area (Å²) in [6, 6.07) is 6.47. The van der Waals surface area contributed by atoms with Gasteiger partial charge in [0.2, 0.25) is 0 Å². The van der Waals surface area contributed by atoms with Crippen LogP contribution in [0.5, 0.6) is 0 Å². The van der Waals surface area contributed by atoms with Crippen molar-refractivity contribution in [3.63, 3.8) is 0 Å². The molecule has 0 spiro atoms. The molecule has 1 rings (SSSR count). The zero-order chi connectivity index (χ0) is 11.3. The van der Waals surface area contributed by atoms with Crippen molar-refractivity contribution in [2.75, 3.05) is 0 Å². The zero-order valence-corrected chi connectivity index (χ0v) is 8.82. The summed E-state index contributed by atoms with van der Waals surface area (Å²) < 4.78 is 0. The normalized spacial score (nSPS) is 12.9. The van der Waals surface area contributed by atoms with Gasteiger partial charge in [-0.2, -0.15) is 0 Å². The zero-order valence-electron chi connectivity index (χ0n) is 8.06. The Morgan fingerprint density at radius 2 is 2.20 bits per heavy atom. The van der Waals surface area contributed by atoms with Gasteiger partial charge in [-0.25, -0.2) is 0 Å². The Morgan fingerprint density at radius 1 is 1.53 bits per heavy atom. The van der Waals surface area contributed by atoms with Gasteiger partial charge in [0, 0.05) is 5.02 Å². The summed E-state index contributed by atoms with van der Waals surface area (Å²) in [6.07, 6.45) is 3.77. The van der Waals surface area contributed by atoms with Crippen molar-refractivity contribution >= 4 is 23.6 Å². The van der Waals surface area contributed by atoms with E-state index >= 15 is 0 Å². The maximum atomic E-state index is 10.4. The largest absolute Gasteiger partial charge is 0.480 e. The van der Waals surface area contributed by atoms with Crippen LogP contribution in [0.3, 0.4) is 0 Å². The number of rotatable bonds is 4. The standard InChI is InChI=1S/C11H12ClNO2/c12-9-6-2-1-4-8(9)5-3-7-10(13)11(14)15/h1-6,10H,7,13H2,(H,14,15)/b5-3+/t10-/m0/s1. The smallest absolute Gasteiger partial charge is 0.320 e. The van der Waals surface area contributed by atoms with E-state index in [-0.39, 0.29) is 0 Å². The molecule has 4 heteroatoms. The molecule has 1 atom stereocenters. The van der Waals surface area contributed by atoms with E-state index in [1.165, 1.54) is 0 Å². The van der Waals surface area contributed by atoms with Crippen LogP contribution in [0.15, 0.2) is 30.3 Å². The molecule has 15 heavy (non-hydrogen) atoms. The van der Waals surface area contributed by atoms with E-state index in [2.05, 4.69) is 0 Å². The molecule has 0 heterocycles. The monoisotopic (exact) mass is 225 g/mol. The van der Waals surface area contributed by atoms with Crippen LogP contribution in [-0.4, -0.2) is 17.1 Å². The van der Waals surface area contributed by atoms with Gasteiger partial charge in [-0.3, -0.25) is 4.79 Å². The summed E-state index contributed by atoms with van der Waals surface area (Å²) in [5, 5.41) is 9.19. The summed E-state index contributed by atoms with van der Waals surface area (Å²) in [5.74, 6) is -1.00. The third kappa shape index (κ3) is 3.73. The molecule has 0 fully saturated rings. The maximum absolute atomic E-state index is 10.4. The van der Waals surface area contributed by atoms with E-state index in [1.807, 2.05) is 18.2 Å². The minimum absolute atomic E-state index is 0.292. The minimum atomic E-state index is -1.00. The number of carboxylic acids is 1. The first-order chi connectivity index (χ1) is 7.11. The van der Waals surface area contributed by atoms with Gasteiger partial charge in [-0.1, -0.05) is 42.0 Å². The lowest BCUT2D eigenvalue weighted by atomic mass is 10.1. The van der Waals surface area contributed by atoms with E-state index < -0.39 is 12.0 Å². The fraction of sp³-hybridized carbons (Fsp3) is 0.182. The number of nitrogens with two attached hydrogens (primary N) is 1. The number of halogens is 1. The van der Waals surface area contributed by atoms with Crippen molar-refractivity contribution in [3.8, 4) is 0 Å². The van der Waals surface area contributed by atoms with Gasteiger partial charge < -0.3 is 10.8 Å². The van der Waals surface area contributed by atoms with E-state index in [0.29, 0.717) is 11.4 Å². The molecule has 3 N–H and O–H groups in total. The van der Waals surface area contributed by atoms with Crippen molar-refractivity contribution < 1.29 is 9.90 Å². The van der Waals surface area contributed by atoms with Crippen molar-refractivity contribution in [1.29, 1.82) is 0 Å². The average molecular weight is 226 g/mol. The number of hydrogen-bond acceptors (Lipinski definition) is 2. The number of hydrogen-bond donors (Lipinski definition) is 2. The lowest BCUT2D eigenvalue weighted by Crippen LogP contribution is -2.29. The van der Waals surface area contributed by atoms with Crippen LogP contribution in [0.4, 0.5) is 0 Å². The van der Waals surface area contributed by atoms with Gasteiger partial charge >= 0.3 is 5.97 Å². The van der Waals surface area contributed by atoms with Gasteiger partial charge in [0.05, 0.1) is 0 Å². The lowest BCUT2D eigenvalue weighted by molar-refractivity contribution is -0.138. The van der Waals surface area contributed by atoms with E-state index in [0.717, 1.165) is 5.56 Å². The Hall–Kier alpha value is -1.32. The average Bonchev–Trinajstić information content (AvgIpc) is 2.20. The number of benzene rings is 1. The van der Waals surface area contributed by atoms with Crippen LogP contribution < -0.4 is 5.73 Å². The Bertz CT molecular complexity index is 377. The first-order valence-electron chi connectivity index (χ1n) is 4.50. The molecule has 0 aliphatic heterocycles. The summed E-state index contributed by atoms with van der Waals surface area (Å²) in [4.78, 5) is 10.4. The highest BCUT2D eigenvalue weighted by Gasteiger charge is 2.07. The van der Waals surface area contributed by atoms with Crippen LogP contribution in [0.2, 0.25) is 5.02 Å². The molecular weight excluding hydrogens is 214 g/mol. The van der Waals surface area contributed by atoms with Crippen LogP contribution >= 0.6 is 11.6 Å². The summed E-state index contributed by atoms with van der Waals surface area (Å²) in [6.45, 7) is 0. The molecule has 3 nitrogen and oxygen atoms in total. The second-order valence-electron chi connectivity index (χ2n) is 3.10. The van der Waals surface area contributed by atoms with Crippen LogP contribution in [0.25, 0.3) is 6.08 Å². The molecule has 0 radical (unpaired) electrons. The SMILES string of the molecule is N[C@@H](C/C=C/c1ccccc1Cl)C(=O)O. The molecule has 1 aromatic rings. The van der Waals surface area contributed by atoms with Gasteiger partial charge in [0.25, 0.3) is 0 Å². The maximum Gasteiger partial charge on any atom is 0.320 e. The highest BCUT2D eigenvalue weighted by Crippen LogP contribution is 2.16. The highest BCUT2D eigenvalue weighted by molar-refractivity contribution is 6.32. The number of carbonyl (C=O) groups is 1. The second kappa shape index (κ2) is 5.53. The van der Waals surface area contributed by atoms with Crippen molar-refractivity contribution in [2.24, 2.45) is 5.73 Å². The van der Waals surface area contributed by atoms with Crippen LogP contribution in [0.1, 0.15) is 12.0 Å². The van der Waals surface area contributed by atoms with E-state index in [4.69, 9.17) is 22.4 Å². The first kappa shape index (κ1) is 11.8. The summed E-state index contributed by atoms with van der Waals surface area (Å²) in [7, 11) is 0. The van der Waals surface area contributed by atoms with Gasteiger partial charge in [-0.15, -0.1) is 0 Å². The van der Waals surface area contributed by atoms with Gasteiger partial charge in [0.15, 0.2) is 0 Å². The molecular formula is C11H12ClNO2. The Balaban J connectivity index is 2.59. The van der Waals surface area contributed by atoms with E-state index in [1.54, 1.807) is 18.2 Å². The van der Waals surface area contributed by atoms with Crippen molar-refractivity contribution in [2.45, 2.75) is 12.5 Å². The molecule has 1 aromatic carbocycles. The quantitative estimate of drug-likeness (QED) is 0.826. The molecule has 0 aliphatic rings. The summed E-state index contributed by atoms with van der Waals surface area (Å²) >= 11 is 5.90. The summed E-state index contributed by atoms with van der Waals surface area (Å²) in [5.41, 5.74) is 6.19. The Kier molecular flexibility index (Phi) is 4.34. The molecule has 80 valence electrons. The second-order valence-corrected chi connectivity index (χ2v) is 3.51. The molecule has 0 amide bonds. The van der Waals surface area contributed by atoms with Crippen molar-refractivity contribution in [1.82, 2.24) is 0 Å². The third-order valence-electron chi connectivity index (χ3n) is 1.91. The lowest BCUT2D eigenvalue weighted by Gasteiger charge is -2.01. The molecule has 0 unspecified atom stereocenters. The Labute approximate surface area is 93.2 Å². The topological polar surface area (TPSA) is 63.3 Å². The molecule has 0 saturated heterocycles. The van der Waals surface area contributed by atoms with Gasteiger partial charge in [-0.05, 0) is 18.1 Å². The first-order valence-corrected chi connectivity index (χ1v) is 4.88. The minimum Gasteiger partial charge on any atom is -0.480 e. The predicted octanol–water partition coefficient (Wildman–Crippen LogP) is 2.16. The molecule has 0 aromatic heterocycles. The van der Waals surface area contributed by atoms with Crippen LogP contribution in [-0.2, 0) is 4.79 Å². The van der Waals surface area contributed by atoms with Crippen molar-refractivity contribution in [3.05, 3.63) is 40.9 Å². The fourth-order valence-corrected chi connectivity index (χ4v) is 1.25. The Morgan fingerprint density at radius 3 is 2.80 bits per heavy atom.